The summed E-state index contributed by atoms with van der Waals surface area (Å²) < 4.78 is 27.8. The van der Waals surface area contributed by atoms with Gasteiger partial charge in [-0.2, -0.15) is 0 Å². The first-order chi connectivity index (χ1) is 10.4. The molecule has 1 aromatic heterocycles. The number of nitrogens with one attached hydrogen (secondary N) is 1. The van der Waals surface area contributed by atoms with Crippen LogP contribution in [0.5, 0.6) is 0 Å². The third-order valence-corrected chi connectivity index (χ3v) is 4.55. The molecule has 0 spiro atoms. The Morgan fingerprint density at radius 2 is 2.05 bits per heavy atom. The largest absolute Gasteiger partial charge is 0.298 e. The minimum atomic E-state index is -0.771. The van der Waals surface area contributed by atoms with Crippen molar-refractivity contribution < 1.29 is 13.6 Å². The summed E-state index contributed by atoms with van der Waals surface area (Å²) in [6.07, 6.45) is 0. The van der Waals surface area contributed by atoms with E-state index in [1.807, 2.05) is 0 Å². The van der Waals surface area contributed by atoms with Gasteiger partial charge in [0.1, 0.15) is 11.3 Å². The van der Waals surface area contributed by atoms with Crippen molar-refractivity contribution >= 4 is 60.1 Å². The molecule has 22 heavy (non-hydrogen) atoms. The zero-order chi connectivity index (χ0) is 15.9. The molecule has 1 amide bonds. The first-order valence-corrected chi connectivity index (χ1v) is 7.95. The van der Waals surface area contributed by atoms with Gasteiger partial charge in [0.25, 0.3) is 5.91 Å². The van der Waals surface area contributed by atoms with Crippen LogP contribution in [0.4, 0.5) is 13.9 Å². The first-order valence-electron chi connectivity index (χ1n) is 5.96. The maximum atomic E-state index is 13.6. The Hall–Kier alpha value is -1.57. The Balaban J connectivity index is 1.94. The molecular weight excluding hydrogens is 398 g/mol. The van der Waals surface area contributed by atoms with Crippen molar-refractivity contribution in [2.24, 2.45) is 0 Å². The monoisotopic (exact) mass is 402 g/mol. The van der Waals surface area contributed by atoms with E-state index in [-0.39, 0.29) is 21.2 Å². The summed E-state index contributed by atoms with van der Waals surface area (Å²) in [6.45, 7) is 0. The van der Waals surface area contributed by atoms with Crippen LogP contribution >= 0.6 is 38.9 Å². The third-order valence-electron chi connectivity index (χ3n) is 2.81. The van der Waals surface area contributed by atoms with Crippen LogP contribution < -0.4 is 5.32 Å². The highest BCUT2D eigenvalue weighted by Crippen LogP contribution is 2.29. The summed E-state index contributed by atoms with van der Waals surface area (Å²) in [5, 5.41) is 2.98. The standard InChI is InChI=1S/C14H6BrClF2N2OS/c15-6-1-2-9(16)8(3-6)13(21)20-14-19-12-10(18)4-7(17)5-11(12)22-14/h1-5H,(H,19,20,21). The maximum Gasteiger partial charge on any atom is 0.258 e. The zero-order valence-corrected chi connectivity index (χ0v) is 13.8. The van der Waals surface area contributed by atoms with E-state index in [2.05, 4.69) is 26.2 Å². The van der Waals surface area contributed by atoms with E-state index < -0.39 is 17.5 Å². The molecule has 0 radical (unpaired) electrons. The third kappa shape index (κ3) is 2.97. The smallest absolute Gasteiger partial charge is 0.258 e. The van der Waals surface area contributed by atoms with Gasteiger partial charge in [0.05, 0.1) is 15.3 Å². The number of nitrogens with zero attached hydrogens (tertiary/aromatic N) is 1. The number of halogens is 4. The Labute approximate surface area is 141 Å². The second-order valence-electron chi connectivity index (χ2n) is 4.33. The van der Waals surface area contributed by atoms with Gasteiger partial charge in [-0.3, -0.25) is 10.1 Å². The fraction of sp³-hybridized carbons (Fsp3) is 0. The van der Waals surface area contributed by atoms with Gasteiger partial charge in [-0.05, 0) is 24.3 Å². The van der Waals surface area contributed by atoms with Crippen LogP contribution in [0.3, 0.4) is 0 Å². The molecule has 8 heteroatoms. The normalized spacial score (nSPS) is 10.9. The van der Waals surface area contributed by atoms with Crippen LogP contribution in [-0.2, 0) is 0 Å². The van der Waals surface area contributed by atoms with Gasteiger partial charge in [0.15, 0.2) is 10.9 Å². The number of amides is 1. The number of fused-ring (bicyclic) bond motifs is 1. The number of anilines is 1. The van der Waals surface area contributed by atoms with Crippen LogP contribution in [0.25, 0.3) is 10.2 Å². The van der Waals surface area contributed by atoms with Gasteiger partial charge in [-0.25, -0.2) is 13.8 Å². The van der Waals surface area contributed by atoms with Crippen molar-refractivity contribution in [3.63, 3.8) is 0 Å². The molecule has 0 fully saturated rings. The average molecular weight is 404 g/mol. The van der Waals surface area contributed by atoms with E-state index in [4.69, 9.17) is 11.6 Å². The van der Waals surface area contributed by atoms with Gasteiger partial charge in [-0.1, -0.05) is 38.9 Å². The average Bonchev–Trinajstić information content (AvgIpc) is 2.84. The highest BCUT2D eigenvalue weighted by Gasteiger charge is 2.15. The van der Waals surface area contributed by atoms with Crippen LogP contribution in [-0.4, -0.2) is 10.9 Å². The van der Waals surface area contributed by atoms with Gasteiger partial charge in [-0.15, -0.1) is 0 Å². The van der Waals surface area contributed by atoms with Gasteiger partial charge in [0.2, 0.25) is 0 Å². The molecule has 0 aliphatic heterocycles. The van der Waals surface area contributed by atoms with E-state index in [0.717, 1.165) is 23.5 Å². The van der Waals surface area contributed by atoms with E-state index >= 15 is 0 Å². The number of rotatable bonds is 2. The Morgan fingerprint density at radius 1 is 1.27 bits per heavy atom. The van der Waals surface area contributed by atoms with Crippen molar-refractivity contribution in [1.82, 2.24) is 4.98 Å². The summed E-state index contributed by atoms with van der Waals surface area (Å²) in [6, 6.07) is 6.75. The van der Waals surface area contributed by atoms with Crippen LogP contribution in [0.1, 0.15) is 10.4 Å². The molecule has 0 saturated heterocycles. The number of carbonyl (C=O) groups is 1. The highest BCUT2D eigenvalue weighted by atomic mass is 79.9. The number of carbonyl (C=O) groups excluding carboxylic acids is 1. The quantitative estimate of drug-likeness (QED) is 0.635. The lowest BCUT2D eigenvalue weighted by atomic mass is 10.2. The van der Waals surface area contributed by atoms with Gasteiger partial charge < -0.3 is 0 Å². The Morgan fingerprint density at radius 3 is 2.82 bits per heavy atom. The molecular formula is C14H6BrClF2N2OS. The summed E-state index contributed by atoms with van der Waals surface area (Å²) in [7, 11) is 0. The minimum absolute atomic E-state index is 0.0158. The molecule has 0 unspecified atom stereocenters. The van der Waals surface area contributed by atoms with E-state index in [0.29, 0.717) is 9.17 Å². The van der Waals surface area contributed by atoms with Crippen LogP contribution in [0.2, 0.25) is 5.02 Å². The maximum absolute atomic E-state index is 13.6. The van der Waals surface area contributed by atoms with Crippen molar-refractivity contribution in [3.8, 4) is 0 Å². The molecule has 112 valence electrons. The van der Waals surface area contributed by atoms with Gasteiger partial charge >= 0.3 is 0 Å². The molecule has 1 heterocycles. The number of hydrogen-bond donors (Lipinski definition) is 1. The second-order valence-corrected chi connectivity index (χ2v) is 6.69. The van der Waals surface area contributed by atoms with Crippen LogP contribution in [0.15, 0.2) is 34.8 Å². The lowest BCUT2D eigenvalue weighted by Crippen LogP contribution is -2.12. The number of hydrogen-bond acceptors (Lipinski definition) is 3. The first kappa shape index (κ1) is 15.3. The predicted molar refractivity (Wildman–Crippen MR) is 86.6 cm³/mol. The molecule has 3 aromatic rings. The molecule has 2 aromatic carbocycles. The Bertz CT molecular complexity index is 900. The summed E-state index contributed by atoms with van der Waals surface area (Å²) in [4.78, 5) is 16.2. The van der Waals surface area contributed by atoms with E-state index in [9.17, 15) is 13.6 Å². The second kappa shape index (κ2) is 5.91. The minimum Gasteiger partial charge on any atom is -0.298 e. The summed E-state index contributed by atoms with van der Waals surface area (Å²) in [5.41, 5.74) is 0.268. The molecule has 0 atom stereocenters. The molecule has 0 aliphatic rings. The topological polar surface area (TPSA) is 42.0 Å². The van der Waals surface area contributed by atoms with E-state index in [1.54, 1.807) is 18.2 Å². The lowest BCUT2D eigenvalue weighted by molar-refractivity contribution is 0.102. The highest BCUT2D eigenvalue weighted by molar-refractivity contribution is 9.10. The lowest BCUT2D eigenvalue weighted by Gasteiger charge is -2.04. The Kier molecular flexibility index (Phi) is 4.12. The number of aromatic nitrogens is 1. The molecule has 0 bridgehead atoms. The molecule has 3 rings (SSSR count). The molecule has 0 aliphatic carbocycles. The zero-order valence-electron chi connectivity index (χ0n) is 10.7. The number of thiazole rings is 1. The predicted octanol–water partition coefficient (Wildman–Crippen LogP) is 5.24. The van der Waals surface area contributed by atoms with Gasteiger partial charge in [0, 0.05) is 10.5 Å². The van der Waals surface area contributed by atoms with Crippen molar-refractivity contribution in [1.29, 1.82) is 0 Å². The SMILES string of the molecule is O=C(Nc1nc2c(F)cc(F)cc2s1)c1cc(Br)ccc1Cl. The molecule has 0 saturated carbocycles. The fourth-order valence-electron chi connectivity index (χ4n) is 1.85. The summed E-state index contributed by atoms with van der Waals surface area (Å²) >= 11 is 10.2. The van der Waals surface area contributed by atoms with Crippen molar-refractivity contribution in [2.75, 3.05) is 5.32 Å². The molecule has 3 nitrogen and oxygen atoms in total. The summed E-state index contributed by atoms with van der Waals surface area (Å²) in [5.74, 6) is -1.94. The van der Waals surface area contributed by atoms with E-state index in [1.165, 1.54) is 0 Å². The van der Waals surface area contributed by atoms with Crippen molar-refractivity contribution in [3.05, 3.63) is 57.0 Å². The molecule has 1 N–H and O–H groups in total. The fourth-order valence-corrected chi connectivity index (χ4v) is 3.31. The van der Waals surface area contributed by atoms with Crippen LogP contribution in [0, 0.1) is 11.6 Å². The number of benzene rings is 2. The van der Waals surface area contributed by atoms with Crippen molar-refractivity contribution in [2.45, 2.75) is 0 Å².